The Morgan fingerprint density at radius 1 is 1.36 bits per heavy atom. The van der Waals surface area contributed by atoms with Crippen molar-refractivity contribution in [3.63, 3.8) is 0 Å². The second-order valence-electron chi connectivity index (χ2n) is 5.99. The average molecular weight is 351 g/mol. The fraction of sp³-hybridized carbons (Fsp3) is 0.533. The van der Waals surface area contributed by atoms with E-state index in [9.17, 15) is 10.2 Å². The van der Waals surface area contributed by atoms with Crippen LogP contribution in [0.5, 0.6) is 0 Å². The topological polar surface area (TPSA) is 135 Å². The summed E-state index contributed by atoms with van der Waals surface area (Å²) in [6, 6.07) is 0. The van der Waals surface area contributed by atoms with Gasteiger partial charge >= 0.3 is 0 Å². The number of rotatable bonds is 7. The van der Waals surface area contributed by atoms with Crippen LogP contribution in [0.25, 0.3) is 11.2 Å². The highest BCUT2D eigenvalue weighted by Crippen LogP contribution is 2.32. The Hall–Kier alpha value is -2.11. The van der Waals surface area contributed by atoms with E-state index in [4.69, 9.17) is 14.7 Å². The maximum Gasteiger partial charge on any atom is 0.181 e. The fourth-order valence-corrected chi connectivity index (χ4v) is 2.66. The predicted octanol–water partition coefficient (Wildman–Crippen LogP) is 0.229. The summed E-state index contributed by atoms with van der Waals surface area (Å²) in [4.78, 5) is 12.1. The van der Waals surface area contributed by atoms with Crippen LogP contribution in [-0.2, 0) is 9.47 Å². The van der Waals surface area contributed by atoms with Crippen LogP contribution >= 0.6 is 0 Å². The Kier molecular flexibility index (Phi) is 5.25. The molecule has 2 aromatic heterocycles. The number of fused-ring (bicyclic) bond motifs is 1. The van der Waals surface area contributed by atoms with Gasteiger partial charge in [0.25, 0.3) is 0 Å². The van der Waals surface area contributed by atoms with Gasteiger partial charge in [0.05, 0.1) is 19.5 Å². The fourth-order valence-electron chi connectivity index (χ4n) is 2.66. The van der Waals surface area contributed by atoms with Gasteiger partial charge in [-0.05, 0) is 13.3 Å². The largest absolute Gasteiger partial charge is 0.387 e. The third kappa shape index (κ3) is 3.48. The first-order valence-electron chi connectivity index (χ1n) is 7.84. The number of aliphatic hydroxyl groups excluding tert-OH is 2. The molecule has 0 radical (unpaired) electrons. The molecule has 0 bridgehead atoms. The van der Waals surface area contributed by atoms with Crippen molar-refractivity contribution in [1.82, 2.24) is 19.5 Å². The van der Waals surface area contributed by atoms with Gasteiger partial charge in [0.15, 0.2) is 23.2 Å². The Balaban J connectivity index is 1.74. The summed E-state index contributed by atoms with van der Waals surface area (Å²) >= 11 is 0. The number of ether oxygens (including phenoxy) is 2. The third-order valence-corrected chi connectivity index (χ3v) is 4.03. The molecule has 1 fully saturated rings. The van der Waals surface area contributed by atoms with Gasteiger partial charge in [0.2, 0.25) is 0 Å². The van der Waals surface area contributed by atoms with Crippen molar-refractivity contribution >= 4 is 17.0 Å². The molecule has 4 N–H and O–H groups in total. The van der Waals surface area contributed by atoms with Crippen LogP contribution in [0, 0.1) is 0 Å². The molecule has 2 aromatic rings. The molecule has 0 aromatic carbocycles. The van der Waals surface area contributed by atoms with E-state index in [0.717, 1.165) is 12.0 Å². The molecule has 0 aliphatic carbocycles. The van der Waals surface area contributed by atoms with E-state index in [1.54, 1.807) is 0 Å². The van der Waals surface area contributed by atoms with Crippen LogP contribution < -0.4 is 5.48 Å². The highest BCUT2D eigenvalue weighted by molar-refractivity contribution is 5.82. The summed E-state index contributed by atoms with van der Waals surface area (Å²) in [5.74, 6) is 0.136. The number of anilines is 1. The van der Waals surface area contributed by atoms with E-state index in [2.05, 4.69) is 21.5 Å². The van der Waals surface area contributed by atoms with E-state index in [0.29, 0.717) is 17.8 Å². The number of hydrogen-bond acceptors (Lipinski definition) is 9. The molecule has 1 saturated heterocycles. The van der Waals surface area contributed by atoms with E-state index >= 15 is 0 Å². The Labute approximate surface area is 143 Å². The van der Waals surface area contributed by atoms with Crippen molar-refractivity contribution in [1.29, 1.82) is 0 Å². The summed E-state index contributed by atoms with van der Waals surface area (Å²) in [6.07, 6.45) is -0.470. The molecule has 0 spiro atoms. The number of nitrogens with one attached hydrogen (secondary N) is 1. The van der Waals surface area contributed by atoms with Gasteiger partial charge in [0.1, 0.15) is 24.6 Å². The molecule has 136 valence electrons. The lowest BCUT2D eigenvalue weighted by molar-refractivity contribution is -0.0650. The molecule has 25 heavy (non-hydrogen) atoms. The van der Waals surface area contributed by atoms with Crippen LogP contribution in [0.15, 0.2) is 24.8 Å². The minimum Gasteiger partial charge on any atom is -0.387 e. The zero-order valence-corrected chi connectivity index (χ0v) is 13.7. The van der Waals surface area contributed by atoms with Crippen molar-refractivity contribution in [2.75, 3.05) is 18.7 Å². The monoisotopic (exact) mass is 351 g/mol. The van der Waals surface area contributed by atoms with Crippen LogP contribution in [0.3, 0.4) is 0 Å². The van der Waals surface area contributed by atoms with Gasteiger partial charge in [-0.3, -0.25) is 15.3 Å². The average Bonchev–Trinajstić information content (AvgIpc) is 3.14. The lowest BCUT2D eigenvalue weighted by atomic mass is 10.1. The molecule has 0 unspecified atom stereocenters. The van der Waals surface area contributed by atoms with Crippen molar-refractivity contribution < 1.29 is 24.9 Å². The van der Waals surface area contributed by atoms with E-state index < -0.39 is 24.5 Å². The van der Waals surface area contributed by atoms with Crippen molar-refractivity contribution in [3.05, 3.63) is 24.8 Å². The van der Waals surface area contributed by atoms with Crippen molar-refractivity contribution in [2.24, 2.45) is 0 Å². The maximum absolute atomic E-state index is 10.3. The van der Waals surface area contributed by atoms with Gasteiger partial charge in [-0.25, -0.2) is 15.0 Å². The summed E-state index contributed by atoms with van der Waals surface area (Å²) in [5, 5.41) is 29.6. The second kappa shape index (κ2) is 7.42. The van der Waals surface area contributed by atoms with Crippen LogP contribution in [0.2, 0.25) is 0 Å². The first kappa shape index (κ1) is 17.7. The zero-order chi connectivity index (χ0) is 18.0. The predicted molar refractivity (Wildman–Crippen MR) is 86.9 cm³/mol. The number of hydrogen-bond donors (Lipinski definition) is 4. The Morgan fingerprint density at radius 2 is 2.16 bits per heavy atom. The van der Waals surface area contributed by atoms with Gasteiger partial charge in [-0.2, -0.15) is 0 Å². The van der Waals surface area contributed by atoms with Crippen LogP contribution in [0.1, 0.15) is 19.6 Å². The molecular weight excluding hydrogens is 330 g/mol. The lowest BCUT2D eigenvalue weighted by Gasteiger charge is -2.16. The highest BCUT2D eigenvalue weighted by atomic mass is 16.6. The summed E-state index contributed by atoms with van der Waals surface area (Å²) in [7, 11) is 0. The summed E-state index contributed by atoms with van der Waals surface area (Å²) in [6.45, 7) is 6.32. The summed E-state index contributed by atoms with van der Waals surface area (Å²) < 4.78 is 12.7. The number of aromatic nitrogens is 4. The molecule has 0 saturated carbocycles. The normalized spacial score (nSPS) is 26.2. The van der Waals surface area contributed by atoms with E-state index in [1.807, 2.05) is 12.4 Å². The standard InChI is InChI=1S/C15H21N5O5/c1-8(2)3-4-24-5-9-11(21)12(22)15(25-9)20-7-18-10-13(19-23)16-6-17-14(10)20/h6-7,9,11-12,15,21-23H,1,3-5H2,2H3,(H,16,17,19)/t9-,11-,12-,15-/m1/s1. The molecule has 10 heteroatoms. The van der Waals surface area contributed by atoms with E-state index in [-0.39, 0.29) is 12.4 Å². The zero-order valence-electron chi connectivity index (χ0n) is 13.7. The van der Waals surface area contributed by atoms with Gasteiger partial charge in [-0.15, -0.1) is 6.58 Å². The SMILES string of the molecule is C=C(C)CCOC[C@H]1O[C@@H](n2cnc3c(NO)ncnc32)[C@H](O)[C@@H]1O. The molecule has 3 heterocycles. The lowest BCUT2D eigenvalue weighted by Crippen LogP contribution is -2.33. The first-order valence-corrected chi connectivity index (χ1v) is 7.84. The summed E-state index contributed by atoms with van der Waals surface area (Å²) in [5.41, 5.74) is 3.61. The molecule has 0 amide bonds. The quantitative estimate of drug-likeness (QED) is 0.314. The van der Waals surface area contributed by atoms with Gasteiger partial charge in [-0.1, -0.05) is 5.57 Å². The number of imidazole rings is 1. The molecule has 1 aliphatic rings. The molecule has 10 nitrogen and oxygen atoms in total. The van der Waals surface area contributed by atoms with Crippen molar-refractivity contribution in [3.8, 4) is 0 Å². The second-order valence-corrected chi connectivity index (χ2v) is 5.99. The molecular formula is C15H21N5O5. The van der Waals surface area contributed by atoms with Gasteiger partial charge in [0, 0.05) is 0 Å². The van der Waals surface area contributed by atoms with Crippen LogP contribution in [0.4, 0.5) is 5.82 Å². The maximum atomic E-state index is 10.3. The Morgan fingerprint density at radius 3 is 2.88 bits per heavy atom. The smallest absolute Gasteiger partial charge is 0.181 e. The number of aliphatic hydroxyl groups is 2. The minimum atomic E-state index is -1.17. The number of nitrogens with zero attached hydrogens (tertiary/aromatic N) is 4. The highest BCUT2D eigenvalue weighted by Gasteiger charge is 2.44. The van der Waals surface area contributed by atoms with Crippen molar-refractivity contribution in [2.45, 2.75) is 37.9 Å². The minimum absolute atomic E-state index is 0.136. The third-order valence-electron chi connectivity index (χ3n) is 4.03. The van der Waals surface area contributed by atoms with Crippen LogP contribution in [-0.4, -0.2) is 66.5 Å². The Bertz CT molecular complexity index is 751. The molecule has 4 atom stereocenters. The van der Waals surface area contributed by atoms with E-state index in [1.165, 1.54) is 17.2 Å². The first-order chi connectivity index (χ1) is 12.0. The van der Waals surface area contributed by atoms with Gasteiger partial charge < -0.3 is 19.7 Å². The molecule has 1 aliphatic heterocycles. The molecule has 3 rings (SSSR count).